The lowest BCUT2D eigenvalue weighted by Crippen LogP contribution is -2.15. The Hall–Kier alpha value is -1.34. The van der Waals surface area contributed by atoms with E-state index in [0.29, 0.717) is 98.9 Å². The second kappa shape index (κ2) is 34.9. The van der Waals surface area contributed by atoms with Gasteiger partial charge in [0, 0.05) is 13.3 Å². The maximum Gasteiger partial charge on any atom is 0.305 e. The highest BCUT2D eigenvalue weighted by atomic mass is 16.6. The molecule has 0 aliphatic heterocycles. The molecule has 11 heteroatoms. The zero-order valence-electron chi connectivity index (χ0n) is 25.9. The highest BCUT2D eigenvalue weighted by Crippen LogP contribution is 2.10. The third-order valence-corrected chi connectivity index (χ3v) is 5.74. The van der Waals surface area contributed by atoms with Crippen LogP contribution in [0.4, 0.5) is 0 Å². The molecule has 11 nitrogen and oxygen atoms in total. The summed E-state index contributed by atoms with van der Waals surface area (Å²) < 4.78 is 47.8. The summed E-state index contributed by atoms with van der Waals surface area (Å²) in [6.45, 7) is 10.6. The molecule has 0 radical (unpaired) electrons. The predicted molar refractivity (Wildman–Crippen MR) is 155 cm³/mol. The minimum Gasteiger partial charge on any atom is -0.463 e. The van der Waals surface area contributed by atoms with Crippen LogP contribution >= 0.6 is 0 Å². The Morgan fingerprint density at radius 2 is 0.683 bits per heavy atom. The molecule has 0 N–H and O–H groups in total. The van der Waals surface area contributed by atoms with E-state index in [1.165, 1.54) is 51.9 Å². The van der Waals surface area contributed by atoms with Gasteiger partial charge in [0.25, 0.3) is 0 Å². The molecule has 0 spiro atoms. The van der Waals surface area contributed by atoms with Gasteiger partial charge in [-0.1, -0.05) is 58.3 Å². The first kappa shape index (κ1) is 39.7. The van der Waals surface area contributed by atoms with E-state index >= 15 is 0 Å². The van der Waals surface area contributed by atoms with Gasteiger partial charge in [-0.2, -0.15) is 0 Å². The number of rotatable bonds is 34. The van der Waals surface area contributed by atoms with Gasteiger partial charge in [0.2, 0.25) is 0 Å². The standard InChI is InChI=1S/C30H58O11/c1-3-4-5-6-7-8-9-10-11-12-30(32)41-28-26-39-24-22-37-20-18-35-16-14-33-13-15-34-17-19-36-21-23-38-25-27-40-29(2)31/h3-28H2,1-2H3. The third kappa shape index (κ3) is 36.6. The van der Waals surface area contributed by atoms with Crippen LogP contribution in [0.2, 0.25) is 0 Å². The molecule has 0 aliphatic carbocycles. The van der Waals surface area contributed by atoms with Crippen LogP contribution in [-0.4, -0.2) is 118 Å². The predicted octanol–water partition coefficient (Wildman–Crippen LogP) is 4.13. The van der Waals surface area contributed by atoms with Gasteiger partial charge in [0.1, 0.15) is 13.2 Å². The average molecular weight is 595 g/mol. The molecule has 0 fully saturated rings. The first-order valence-electron chi connectivity index (χ1n) is 15.5. The van der Waals surface area contributed by atoms with Crippen LogP contribution in [-0.2, 0) is 52.2 Å². The molecule has 0 aromatic rings. The van der Waals surface area contributed by atoms with Crippen LogP contribution in [0.5, 0.6) is 0 Å². The number of carbonyl (C=O) groups excluding carboxylic acids is 2. The highest BCUT2D eigenvalue weighted by Gasteiger charge is 2.03. The molecule has 0 aromatic carbocycles. The van der Waals surface area contributed by atoms with Crippen molar-refractivity contribution in [2.75, 3.05) is 106 Å². The summed E-state index contributed by atoms with van der Waals surface area (Å²) in [5, 5.41) is 0. The van der Waals surface area contributed by atoms with Crippen LogP contribution in [0.25, 0.3) is 0 Å². The van der Waals surface area contributed by atoms with E-state index in [0.717, 1.165) is 12.8 Å². The van der Waals surface area contributed by atoms with Crippen molar-refractivity contribution in [2.45, 2.75) is 78.1 Å². The molecule has 0 rings (SSSR count). The van der Waals surface area contributed by atoms with Gasteiger partial charge in [-0.25, -0.2) is 0 Å². The Bertz CT molecular complexity index is 549. The minimum absolute atomic E-state index is 0.139. The van der Waals surface area contributed by atoms with Crippen LogP contribution in [0.3, 0.4) is 0 Å². The van der Waals surface area contributed by atoms with Crippen molar-refractivity contribution in [1.29, 1.82) is 0 Å². The zero-order chi connectivity index (χ0) is 29.9. The number of hydrogen-bond donors (Lipinski definition) is 0. The third-order valence-electron chi connectivity index (χ3n) is 5.74. The number of esters is 2. The Labute approximate surface area is 248 Å². The Kier molecular flexibility index (Phi) is 33.7. The summed E-state index contributed by atoms with van der Waals surface area (Å²) in [5.41, 5.74) is 0. The summed E-state index contributed by atoms with van der Waals surface area (Å²) in [7, 11) is 0. The second-order valence-corrected chi connectivity index (χ2v) is 9.43. The molecule has 0 amide bonds. The summed E-state index contributed by atoms with van der Waals surface area (Å²) in [6.07, 6.45) is 11.6. The van der Waals surface area contributed by atoms with Gasteiger partial charge in [-0.3, -0.25) is 9.59 Å². The van der Waals surface area contributed by atoms with Crippen molar-refractivity contribution in [2.24, 2.45) is 0 Å². The number of carbonyl (C=O) groups is 2. The molecule has 0 unspecified atom stereocenters. The van der Waals surface area contributed by atoms with Crippen molar-refractivity contribution in [3.05, 3.63) is 0 Å². The summed E-state index contributed by atoms with van der Waals surface area (Å²) in [4.78, 5) is 22.3. The minimum atomic E-state index is -0.311. The van der Waals surface area contributed by atoms with E-state index in [2.05, 4.69) is 6.92 Å². The van der Waals surface area contributed by atoms with Crippen molar-refractivity contribution in [3.63, 3.8) is 0 Å². The van der Waals surface area contributed by atoms with Gasteiger partial charge in [-0.05, 0) is 6.42 Å². The van der Waals surface area contributed by atoms with E-state index in [1.54, 1.807) is 0 Å². The SMILES string of the molecule is CCCCCCCCCCCC(=O)OCCOCCOCCOCCOCCOCCOCCOCCOC(C)=O. The Morgan fingerprint density at radius 3 is 1.02 bits per heavy atom. The lowest BCUT2D eigenvalue weighted by atomic mass is 10.1. The van der Waals surface area contributed by atoms with Crippen molar-refractivity contribution >= 4 is 11.9 Å². The lowest BCUT2D eigenvalue weighted by molar-refractivity contribution is -0.145. The smallest absolute Gasteiger partial charge is 0.305 e. The Morgan fingerprint density at radius 1 is 0.390 bits per heavy atom. The molecule has 41 heavy (non-hydrogen) atoms. The molecule has 0 saturated heterocycles. The lowest BCUT2D eigenvalue weighted by Gasteiger charge is -2.09. The molecular weight excluding hydrogens is 536 g/mol. The number of unbranched alkanes of at least 4 members (excludes halogenated alkanes) is 8. The molecule has 0 saturated carbocycles. The van der Waals surface area contributed by atoms with Crippen LogP contribution < -0.4 is 0 Å². The quantitative estimate of drug-likeness (QED) is 0.0791. The molecule has 0 atom stereocenters. The molecule has 0 aromatic heterocycles. The summed E-state index contributed by atoms with van der Waals surface area (Å²) >= 11 is 0. The normalized spacial score (nSPS) is 11.2. The largest absolute Gasteiger partial charge is 0.463 e. The Balaban J connectivity index is 3.12. The maximum absolute atomic E-state index is 11.7. The number of ether oxygens (including phenoxy) is 9. The van der Waals surface area contributed by atoms with E-state index in [1.807, 2.05) is 0 Å². The van der Waals surface area contributed by atoms with Gasteiger partial charge >= 0.3 is 11.9 Å². The monoisotopic (exact) mass is 594 g/mol. The summed E-state index contributed by atoms with van der Waals surface area (Å²) in [5.74, 6) is -0.450. The van der Waals surface area contributed by atoms with Gasteiger partial charge in [0.05, 0.1) is 92.5 Å². The highest BCUT2D eigenvalue weighted by molar-refractivity contribution is 5.69. The molecule has 244 valence electrons. The zero-order valence-corrected chi connectivity index (χ0v) is 25.9. The first-order chi connectivity index (χ1) is 20.2. The van der Waals surface area contributed by atoms with E-state index in [4.69, 9.17) is 42.6 Å². The second-order valence-electron chi connectivity index (χ2n) is 9.43. The summed E-state index contributed by atoms with van der Waals surface area (Å²) in [6, 6.07) is 0. The van der Waals surface area contributed by atoms with Gasteiger partial charge in [0.15, 0.2) is 0 Å². The van der Waals surface area contributed by atoms with Gasteiger partial charge < -0.3 is 42.6 Å². The van der Waals surface area contributed by atoms with Crippen LogP contribution in [0, 0.1) is 0 Å². The van der Waals surface area contributed by atoms with Crippen molar-refractivity contribution < 1.29 is 52.2 Å². The van der Waals surface area contributed by atoms with E-state index in [-0.39, 0.29) is 25.2 Å². The average Bonchev–Trinajstić information content (AvgIpc) is 2.96. The van der Waals surface area contributed by atoms with Crippen molar-refractivity contribution in [3.8, 4) is 0 Å². The molecule has 0 bridgehead atoms. The maximum atomic E-state index is 11.7. The van der Waals surface area contributed by atoms with E-state index in [9.17, 15) is 9.59 Å². The first-order valence-corrected chi connectivity index (χ1v) is 15.5. The fraction of sp³-hybridized carbons (Fsp3) is 0.933. The van der Waals surface area contributed by atoms with Crippen LogP contribution in [0.1, 0.15) is 78.1 Å². The van der Waals surface area contributed by atoms with Crippen molar-refractivity contribution in [1.82, 2.24) is 0 Å². The molecule has 0 aliphatic rings. The van der Waals surface area contributed by atoms with Gasteiger partial charge in [-0.15, -0.1) is 0 Å². The molecular formula is C30H58O11. The fourth-order valence-corrected chi connectivity index (χ4v) is 3.53. The topological polar surface area (TPSA) is 117 Å². The number of hydrogen-bond acceptors (Lipinski definition) is 11. The fourth-order valence-electron chi connectivity index (χ4n) is 3.53. The van der Waals surface area contributed by atoms with E-state index < -0.39 is 0 Å². The van der Waals surface area contributed by atoms with Crippen LogP contribution in [0.15, 0.2) is 0 Å². The molecule has 0 heterocycles.